The van der Waals surface area contributed by atoms with E-state index in [4.69, 9.17) is 0 Å². The number of alkyl halides is 2. The van der Waals surface area contributed by atoms with Gasteiger partial charge in [-0.15, -0.1) is 0 Å². The van der Waals surface area contributed by atoms with Crippen molar-refractivity contribution in [3.63, 3.8) is 0 Å². The van der Waals surface area contributed by atoms with Crippen LogP contribution in [0, 0.1) is 0 Å². The van der Waals surface area contributed by atoms with E-state index >= 15 is 0 Å². The lowest BCUT2D eigenvalue weighted by atomic mass is 10.0. The van der Waals surface area contributed by atoms with Crippen LogP contribution in [0.1, 0.15) is 20.7 Å². The molecular weight excluding hydrogens is 436 g/mol. The highest BCUT2D eigenvalue weighted by Crippen LogP contribution is 2.33. The third-order valence-corrected chi connectivity index (χ3v) is 5.94. The maximum absolute atomic E-state index is 12.4. The van der Waals surface area contributed by atoms with E-state index in [-0.39, 0.29) is 15.4 Å². The number of hydrogen-bond donors (Lipinski definition) is 0. The summed E-state index contributed by atoms with van der Waals surface area (Å²) in [6, 6.07) is 17.3. The third-order valence-electron chi connectivity index (χ3n) is 2.73. The van der Waals surface area contributed by atoms with Crippen LogP contribution in [0.15, 0.2) is 59.1 Å². The van der Waals surface area contributed by atoms with Crippen molar-refractivity contribution in [3.05, 3.63) is 70.2 Å². The summed E-state index contributed by atoms with van der Waals surface area (Å²) in [6.45, 7) is 0. The number of carbonyl (C=O) groups is 1. The molecule has 2 atom stereocenters. The molecule has 1 nitrogen and oxygen atoms in total. The Bertz CT molecular complexity index is 569. The normalized spacial score (nSPS) is 13.8. The van der Waals surface area contributed by atoms with Crippen molar-refractivity contribution in [2.24, 2.45) is 0 Å². The first-order chi connectivity index (χ1) is 9.09. The average Bonchev–Trinajstić information content (AvgIpc) is 2.46. The number of carbonyl (C=O) groups excluding carboxylic acids is 1. The standard InChI is InChI=1S/C15H11Br3O/c16-12-8-4-7-11(9-12)15(19)14(18)13(17)10-5-2-1-3-6-10/h1-9,13-14H. The summed E-state index contributed by atoms with van der Waals surface area (Å²) < 4.78 is 0.906. The van der Waals surface area contributed by atoms with Gasteiger partial charge in [0, 0.05) is 10.0 Å². The summed E-state index contributed by atoms with van der Waals surface area (Å²) in [5, 5.41) is 0. The van der Waals surface area contributed by atoms with Gasteiger partial charge in [-0.05, 0) is 17.7 Å². The van der Waals surface area contributed by atoms with E-state index in [1.807, 2.05) is 54.6 Å². The smallest absolute Gasteiger partial charge is 0.177 e. The molecule has 2 rings (SSSR count). The highest BCUT2D eigenvalue weighted by molar-refractivity contribution is 9.12. The van der Waals surface area contributed by atoms with Gasteiger partial charge in [0.1, 0.15) is 0 Å². The number of ketones is 1. The Morgan fingerprint density at radius 1 is 0.947 bits per heavy atom. The van der Waals surface area contributed by atoms with Gasteiger partial charge in [0.2, 0.25) is 0 Å². The lowest BCUT2D eigenvalue weighted by Gasteiger charge is -2.16. The molecule has 0 fully saturated rings. The summed E-state index contributed by atoms with van der Waals surface area (Å²) in [5.41, 5.74) is 1.77. The van der Waals surface area contributed by atoms with Crippen LogP contribution in [0.5, 0.6) is 0 Å². The summed E-state index contributed by atoms with van der Waals surface area (Å²) in [7, 11) is 0. The van der Waals surface area contributed by atoms with Gasteiger partial charge < -0.3 is 0 Å². The molecule has 0 aliphatic heterocycles. The van der Waals surface area contributed by atoms with E-state index in [0.29, 0.717) is 5.56 Å². The Balaban J connectivity index is 2.20. The SMILES string of the molecule is O=C(c1cccc(Br)c1)C(Br)C(Br)c1ccccc1. The number of rotatable bonds is 4. The van der Waals surface area contributed by atoms with Gasteiger partial charge in [-0.25, -0.2) is 0 Å². The zero-order valence-electron chi connectivity index (χ0n) is 9.89. The Labute approximate surface area is 137 Å². The van der Waals surface area contributed by atoms with E-state index in [9.17, 15) is 4.79 Å². The van der Waals surface area contributed by atoms with Crippen molar-refractivity contribution in [1.82, 2.24) is 0 Å². The predicted molar refractivity (Wildman–Crippen MR) is 89.3 cm³/mol. The molecule has 4 heteroatoms. The fourth-order valence-electron chi connectivity index (χ4n) is 1.74. The van der Waals surface area contributed by atoms with E-state index in [0.717, 1.165) is 10.0 Å². The van der Waals surface area contributed by atoms with Gasteiger partial charge in [-0.2, -0.15) is 0 Å². The molecule has 0 aliphatic rings. The molecule has 0 N–H and O–H groups in total. The van der Waals surface area contributed by atoms with Gasteiger partial charge in [-0.1, -0.05) is 90.3 Å². The summed E-state index contributed by atoms with van der Waals surface area (Å²) in [5.74, 6) is 0.0621. The van der Waals surface area contributed by atoms with Crippen molar-refractivity contribution in [1.29, 1.82) is 0 Å². The van der Waals surface area contributed by atoms with E-state index < -0.39 is 0 Å². The average molecular weight is 447 g/mol. The van der Waals surface area contributed by atoms with Crippen molar-refractivity contribution in [2.75, 3.05) is 0 Å². The first-order valence-corrected chi connectivity index (χ1v) is 8.35. The highest BCUT2D eigenvalue weighted by atomic mass is 79.9. The quantitative estimate of drug-likeness (QED) is 0.445. The molecule has 0 saturated heterocycles. The number of Topliss-reactive ketones (excluding diaryl/α,β-unsaturated/α-hetero) is 1. The van der Waals surface area contributed by atoms with Crippen LogP contribution in [-0.4, -0.2) is 10.6 Å². The fourth-order valence-corrected chi connectivity index (χ4v) is 3.25. The molecule has 0 spiro atoms. The Morgan fingerprint density at radius 2 is 1.63 bits per heavy atom. The molecule has 2 aromatic rings. The van der Waals surface area contributed by atoms with Crippen LogP contribution in [0.25, 0.3) is 0 Å². The minimum atomic E-state index is -0.302. The molecule has 2 unspecified atom stereocenters. The van der Waals surface area contributed by atoms with Gasteiger partial charge in [0.25, 0.3) is 0 Å². The molecule has 19 heavy (non-hydrogen) atoms. The molecule has 0 aromatic heterocycles. The third kappa shape index (κ3) is 3.77. The molecule has 0 heterocycles. The zero-order valence-corrected chi connectivity index (χ0v) is 14.7. The molecular formula is C15H11Br3O. The van der Waals surface area contributed by atoms with Gasteiger partial charge in [0.05, 0.1) is 9.65 Å². The zero-order chi connectivity index (χ0) is 13.8. The van der Waals surface area contributed by atoms with Crippen LogP contribution in [0.3, 0.4) is 0 Å². The van der Waals surface area contributed by atoms with Crippen LogP contribution in [0.4, 0.5) is 0 Å². The van der Waals surface area contributed by atoms with Gasteiger partial charge >= 0.3 is 0 Å². The van der Waals surface area contributed by atoms with Crippen LogP contribution in [0.2, 0.25) is 0 Å². The Kier molecular flexibility index (Phi) is 5.37. The van der Waals surface area contributed by atoms with E-state index in [1.165, 1.54) is 0 Å². The number of halogens is 3. The molecule has 0 aliphatic carbocycles. The van der Waals surface area contributed by atoms with Crippen LogP contribution in [-0.2, 0) is 0 Å². The largest absolute Gasteiger partial charge is 0.293 e. The lowest BCUT2D eigenvalue weighted by molar-refractivity contribution is 0.0991. The van der Waals surface area contributed by atoms with Crippen molar-refractivity contribution in [2.45, 2.75) is 9.65 Å². The summed E-state index contributed by atoms with van der Waals surface area (Å²) >= 11 is 10.5. The minimum absolute atomic E-state index is 0.0554. The summed E-state index contributed by atoms with van der Waals surface area (Å²) in [4.78, 5) is 12.1. The summed E-state index contributed by atoms with van der Waals surface area (Å²) in [6.07, 6.45) is 0. The van der Waals surface area contributed by atoms with Crippen LogP contribution >= 0.6 is 47.8 Å². The van der Waals surface area contributed by atoms with Crippen LogP contribution < -0.4 is 0 Å². The lowest BCUT2D eigenvalue weighted by Crippen LogP contribution is -2.19. The first kappa shape index (κ1) is 14.9. The second-order valence-corrected chi connectivity index (χ2v) is 6.98. The number of hydrogen-bond acceptors (Lipinski definition) is 1. The van der Waals surface area contributed by atoms with Crippen molar-refractivity contribution >= 4 is 53.6 Å². The fraction of sp³-hybridized carbons (Fsp3) is 0.133. The van der Waals surface area contributed by atoms with E-state index in [2.05, 4.69) is 47.8 Å². The molecule has 2 aromatic carbocycles. The number of benzene rings is 2. The topological polar surface area (TPSA) is 17.1 Å². The molecule has 0 bridgehead atoms. The van der Waals surface area contributed by atoms with E-state index in [1.54, 1.807) is 0 Å². The minimum Gasteiger partial charge on any atom is -0.293 e. The molecule has 0 radical (unpaired) electrons. The predicted octanol–water partition coefficient (Wildman–Crippen LogP) is 5.53. The Morgan fingerprint density at radius 3 is 2.26 bits per heavy atom. The first-order valence-electron chi connectivity index (χ1n) is 5.72. The monoisotopic (exact) mass is 444 g/mol. The van der Waals surface area contributed by atoms with Gasteiger partial charge in [0.15, 0.2) is 5.78 Å². The molecule has 0 amide bonds. The molecule has 0 saturated carbocycles. The van der Waals surface area contributed by atoms with Gasteiger partial charge in [-0.3, -0.25) is 4.79 Å². The second-order valence-electron chi connectivity index (χ2n) is 4.09. The maximum atomic E-state index is 12.4. The van der Waals surface area contributed by atoms with Crippen molar-refractivity contribution in [3.8, 4) is 0 Å². The maximum Gasteiger partial charge on any atom is 0.177 e. The Hall–Kier alpha value is -0.450. The van der Waals surface area contributed by atoms with Crippen molar-refractivity contribution < 1.29 is 4.79 Å². The second kappa shape index (κ2) is 6.82. The molecule has 98 valence electrons. The highest BCUT2D eigenvalue weighted by Gasteiger charge is 2.25.